The average molecular weight is 462 g/mol. The molecule has 1 saturated heterocycles. The van der Waals surface area contributed by atoms with Gasteiger partial charge in [0.25, 0.3) is 0 Å². The Labute approximate surface area is 190 Å². The van der Waals surface area contributed by atoms with Crippen LogP contribution in [0, 0.1) is 11.3 Å². The van der Waals surface area contributed by atoms with Crippen molar-refractivity contribution in [2.24, 2.45) is 0 Å². The fourth-order valence-electron chi connectivity index (χ4n) is 3.36. The van der Waals surface area contributed by atoms with Gasteiger partial charge in [-0.25, -0.2) is 9.78 Å². The van der Waals surface area contributed by atoms with Crippen LogP contribution in [-0.4, -0.2) is 41.8 Å². The Balaban J connectivity index is 1.62. The maximum Gasteiger partial charge on any atom is 0.416 e. The van der Waals surface area contributed by atoms with Gasteiger partial charge in [-0.2, -0.15) is 18.4 Å². The summed E-state index contributed by atoms with van der Waals surface area (Å²) < 4.78 is 49.5. The van der Waals surface area contributed by atoms with Gasteiger partial charge in [0.15, 0.2) is 5.82 Å². The standard InChI is InChI=1S/C23H25F3N4O3/c1-2-3-14-32-22(31)30-12-9-18(10-13-30)33-20-8-11-28-21(19(20)15-27)29-17-6-4-16(5-7-17)23(24,25)26/h4-8,11,18H,2-3,9-10,12-14H2,1H3,(H,28,29). The van der Waals surface area contributed by atoms with Crippen molar-refractivity contribution in [3.63, 3.8) is 0 Å². The van der Waals surface area contributed by atoms with Gasteiger partial charge in [0, 0.05) is 43.9 Å². The molecule has 33 heavy (non-hydrogen) atoms. The number of pyridine rings is 1. The van der Waals surface area contributed by atoms with Crippen LogP contribution in [0.1, 0.15) is 43.7 Å². The molecule has 1 aromatic heterocycles. The molecule has 1 N–H and O–H groups in total. The first-order valence-corrected chi connectivity index (χ1v) is 10.7. The molecule has 2 heterocycles. The molecule has 0 aliphatic carbocycles. The van der Waals surface area contributed by atoms with Gasteiger partial charge in [-0.1, -0.05) is 13.3 Å². The molecule has 176 valence electrons. The number of piperidine rings is 1. The van der Waals surface area contributed by atoms with E-state index in [-0.39, 0.29) is 23.6 Å². The molecule has 0 spiro atoms. The van der Waals surface area contributed by atoms with Crippen LogP contribution in [0.3, 0.4) is 0 Å². The van der Waals surface area contributed by atoms with E-state index in [1.54, 1.807) is 11.0 Å². The highest BCUT2D eigenvalue weighted by atomic mass is 19.4. The normalized spacial score (nSPS) is 14.5. The molecule has 1 aliphatic heterocycles. The number of anilines is 2. The number of rotatable bonds is 7. The number of nitriles is 1. The number of hydrogen-bond donors (Lipinski definition) is 1. The molecule has 1 fully saturated rings. The zero-order valence-electron chi connectivity index (χ0n) is 18.2. The fourth-order valence-corrected chi connectivity index (χ4v) is 3.36. The van der Waals surface area contributed by atoms with Crippen molar-refractivity contribution < 1.29 is 27.4 Å². The minimum atomic E-state index is -4.43. The molecule has 3 rings (SSSR count). The minimum Gasteiger partial charge on any atom is -0.489 e. The predicted octanol–water partition coefficient (Wildman–Crippen LogP) is 5.50. The number of amides is 1. The SMILES string of the molecule is CCCCOC(=O)N1CCC(Oc2ccnc(Nc3ccc(C(F)(F)F)cc3)c2C#N)CC1. The lowest BCUT2D eigenvalue weighted by atomic mass is 10.1. The zero-order chi connectivity index (χ0) is 23.8. The van der Waals surface area contributed by atoms with E-state index < -0.39 is 11.7 Å². The summed E-state index contributed by atoms with van der Waals surface area (Å²) in [5.74, 6) is 0.512. The second-order valence-electron chi connectivity index (χ2n) is 7.62. The maximum atomic E-state index is 12.8. The molecule has 0 unspecified atom stereocenters. The monoisotopic (exact) mass is 462 g/mol. The van der Waals surface area contributed by atoms with Crippen LogP contribution in [0.2, 0.25) is 0 Å². The number of unbranched alkanes of at least 4 members (excludes halogenated alkanes) is 1. The van der Waals surface area contributed by atoms with Gasteiger partial charge >= 0.3 is 12.3 Å². The number of hydrogen-bond acceptors (Lipinski definition) is 6. The quantitative estimate of drug-likeness (QED) is 0.547. The Morgan fingerprint density at radius 3 is 2.55 bits per heavy atom. The van der Waals surface area contributed by atoms with Crippen molar-refractivity contribution >= 4 is 17.6 Å². The van der Waals surface area contributed by atoms with E-state index in [1.807, 2.05) is 6.92 Å². The Bertz CT molecular complexity index is 982. The summed E-state index contributed by atoms with van der Waals surface area (Å²) in [6.45, 7) is 3.40. The second kappa shape index (κ2) is 10.9. The maximum absolute atomic E-state index is 12.8. The highest BCUT2D eigenvalue weighted by Crippen LogP contribution is 2.32. The topological polar surface area (TPSA) is 87.5 Å². The smallest absolute Gasteiger partial charge is 0.416 e. The number of alkyl halides is 3. The van der Waals surface area contributed by atoms with Crippen molar-refractivity contribution in [3.8, 4) is 11.8 Å². The molecule has 0 bridgehead atoms. The Morgan fingerprint density at radius 2 is 1.94 bits per heavy atom. The van der Waals surface area contributed by atoms with E-state index in [4.69, 9.17) is 9.47 Å². The largest absolute Gasteiger partial charge is 0.489 e. The van der Waals surface area contributed by atoms with E-state index in [0.717, 1.165) is 25.0 Å². The molecule has 0 saturated carbocycles. The predicted molar refractivity (Wildman–Crippen MR) is 115 cm³/mol. The van der Waals surface area contributed by atoms with Crippen LogP contribution in [0.4, 0.5) is 29.5 Å². The third-order valence-corrected chi connectivity index (χ3v) is 5.22. The van der Waals surface area contributed by atoms with Gasteiger partial charge in [-0.3, -0.25) is 0 Å². The van der Waals surface area contributed by atoms with Crippen LogP contribution in [0.5, 0.6) is 5.75 Å². The van der Waals surface area contributed by atoms with Gasteiger partial charge < -0.3 is 19.7 Å². The number of carbonyl (C=O) groups excluding carboxylic acids is 1. The van der Waals surface area contributed by atoms with E-state index in [1.165, 1.54) is 18.3 Å². The summed E-state index contributed by atoms with van der Waals surface area (Å²) in [7, 11) is 0. The molecule has 7 nitrogen and oxygen atoms in total. The Morgan fingerprint density at radius 1 is 1.24 bits per heavy atom. The summed E-state index contributed by atoms with van der Waals surface area (Å²) >= 11 is 0. The highest BCUT2D eigenvalue weighted by molar-refractivity contribution is 5.68. The molecule has 10 heteroatoms. The molecular formula is C23H25F3N4O3. The molecule has 2 aromatic rings. The molecule has 0 atom stereocenters. The lowest BCUT2D eigenvalue weighted by Crippen LogP contribution is -2.42. The molecule has 1 aliphatic rings. The van der Waals surface area contributed by atoms with Crippen LogP contribution in [0.25, 0.3) is 0 Å². The van der Waals surface area contributed by atoms with E-state index in [0.29, 0.717) is 44.0 Å². The molecule has 0 radical (unpaired) electrons. The van der Waals surface area contributed by atoms with Crippen molar-refractivity contribution in [3.05, 3.63) is 47.7 Å². The minimum absolute atomic E-state index is 0.152. The van der Waals surface area contributed by atoms with Crippen LogP contribution < -0.4 is 10.1 Å². The fraction of sp³-hybridized carbons (Fsp3) is 0.435. The highest BCUT2D eigenvalue weighted by Gasteiger charge is 2.30. The van der Waals surface area contributed by atoms with Crippen molar-refractivity contribution in [2.45, 2.75) is 44.9 Å². The first kappa shape index (κ1) is 24.2. The summed E-state index contributed by atoms with van der Waals surface area (Å²) in [6.07, 6.45) is -0.550. The van der Waals surface area contributed by atoms with E-state index in [9.17, 15) is 23.2 Å². The molecule has 1 aromatic carbocycles. The number of halogens is 3. The Kier molecular flexibility index (Phi) is 7.98. The number of aromatic nitrogens is 1. The second-order valence-corrected chi connectivity index (χ2v) is 7.62. The first-order chi connectivity index (χ1) is 15.8. The average Bonchev–Trinajstić information content (AvgIpc) is 2.80. The van der Waals surface area contributed by atoms with Gasteiger partial charge in [0.2, 0.25) is 0 Å². The summed E-state index contributed by atoms with van der Waals surface area (Å²) in [5.41, 5.74) is -0.253. The molecule has 1 amide bonds. The number of nitrogens with one attached hydrogen (secondary N) is 1. The Hall–Kier alpha value is -3.48. The summed E-state index contributed by atoms with van der Waals surface area (Å²) in [4.78, 5) is 17.9. The third-order valence-electron chi connectivity index (χ3n) is 5.22. The number of ether oxygens (including phenoxy) is 2. The van der Waals surface area contributed by atoms with Crippen LogP contribution >= 0.6 is 0 Å². The number of nitrogens with zero attached hydrogens (tertiary/aromatic N) is 3. The third kappa shape index (κ3) is 6.51. The van der Waals surface area contributed by atoms with Crippen molar-refractivity contribution in [1.82, 2.24) is 9.88 Å². The van der Waals surface area contributed by atoms with Crippen LogP contribution in [-0.2, 0) is 10.9 Å². The van der Waals surface area contributed by atoms with Gasteiger partial charge in [0.1, 0.15) is 23.5 Å². The number of likely N-dealkylation sites (tertiary alicyclic amines) is 1. The van der Waals surface area contributed by atoms with Gasteiger partial charge in [-0.15, -0.1) is 0 Å². The lowest BCUT2D eigenvalue weighted by molar-refractivity contribution is -0.137. The number of benzene rings is 1. The molecular weight excluding hydrogens is 437 g/mol. The number of carbonyl (C=O) groups is 1. The first-order valence-electron chi connectivity index (χ1n) is 10.7. The van der Waals surface area contributed by atoms with Crippen LogP contribution in [0.15, 0.2) is 36.5 Å². The summed E-state index contributed by atoms with van der Waals surface area (Å²) in [5, 5.41) is 12.5. The summed E-state index contributed by atoms with van der Waals surface area (Å²) in [6, 6.07) is 8.08. The van der Waals surface area contributed by atoms with Gasteiger partial charge in [0.05, 0.1) is 12.2 Å². The van der Waals surface area contributed by atoms with Gasteiger partial charge in [-0.05, 0) is 30.7 Å². The van der Waals surface area contributed by atoms with Crippen molar-refractivity contribution in [1.29, 1.82) is 5.26 Å². The van der Waals surface area contributed by atoms with Crippen molar-refractivity contribution in [2.75, 3.05) is 25.0 Å². The van der Waals surface area contributed by atoms with E-state index in [2.05, 4.69) is 16.4 Å². The lowest BCUT2D eigenvalue weighted by Gasteiger charge is -2.31. The van der Waals surface area contributed by atoms with E-state index >= 15 is 0 Å². The zero-order valence-corrected chi connectivity index (χ0v) is 18.2.